The molecule has 0 spiro atoms. The van der Waals surface area contributed by atoms with Crippen LogP contribution in [0, 0.1) is 27.7 Å². The molecule has 0 unspecified atom stereocenters. The highest BCUT2D eigenvalue weighted by Crippen LogP contribution is 2.32. The minimum Gasteiger partial charge on any atom is -0.495 e. The SMILES string of the molecule is COc1ccc(Cl)cc1-n1c(C)cc(/C=C2\C(=O)NC(=S)N(c3cc(C)ccc3C)C2=O)c1C. The Hall–Kier alpha value is -3.42. The molecule has 1 fully saturated rings. The summed E-state index contributed by atoms with van der Waals surface area (Å²) >= 11 is 11.6. The van der Waals surface area contributed by atoms with E-state index in [1.165, 1.54) is 4.90 Å². The highest BCUT2D eigenvalue weighted by atomic mass is 35.5. The van der Waals surface area contributed by atoms with Crippen molar-refractivity contribution in [3.05, 3.63) is 81.1 Å². The van der Waals surface area contributed by atoms with Crippen LogP contribution >= 0.6 is 23.8 Å². The quantitative estimate of drug-likeness (QED) is 0.308. The van der Waals surface area contributed by atoms with Gasteiger partial charge in [-0.05, 0) is 93.0 Å². The van der Waals surface area contributed by atoms with Gasteiger partial charge in [-0.2, -0.15) is 0 Å². The zero-order valence-electron chi connectivity index (χ0n) is 19.5. The number of nitrogens with one attached hydrogen (secondary N) is 1. The molecule has 6 nitrogen and oxygen atoms in total. The molecule has 1 aliphatic rings. The Morgan fingerprint density at radius 2 is 1.74 bits per heavy atom. The third-order valence-corrected chi connectivity index (χ3v) is 6.38. The van der Waals surface area contributed by atoms with Gasteiger partial charge in [0.2, 0.25) is 0 Å². The van der Waals surface area contributed by atoms with Crippen molar-refractivity contribution in [1.82, 2.24) is 9.88 Å². The molecule has 2 aromatic carbocycles. The predicted octanol–water partition coefficient (Wildman–Crippen LogP) is 5.20. The summed E-state index contributed by atoms with van der Waals surface area (Å²) in [6.45, 7) is 7.69. The number of thiocarbonyl (C=S) groups is 1. The van der Waals surface area contributed by atoms with Gasteiger partial charge in [0.1, 0.15) is 11.3 Å². The first kappa shape index (κ1) is 23.7. The van der Waals surface area contributed by atoms with Gasteiger partial charge < -0.3 is 9.30 Å². The molecule has 174 valence electrons. The topological polar surface area (TPSA) is 63.6 Å². The van der Waals surface area contributed by atoms with Gasteiger partial charge in [0, 0.05) is 16.4 Å². The Kier molecular flexibility index (Phi) is 6.34. The van der Waals surface area contributed by atoms with Crippen molar-refractivity contribution in [2.45, 2.75) is 27.7 Å². The van der Waals surface area contributed by atoms with Crippen LogP contribution in [0.1, 0.15) is 28.1 Å². The lowest BCUT2D eigenvalue weighted by Gasteiger charge is -2.30. The number of benzene rings is 2. The minimum absolute atomic E-state index is 0.00724. The number of anilines is 1. The van der Waals surface area contributed by atoms with Gasteiger partial charge in [-0.1, -0.05) is 23.7 Å². The lowest BCUT2D eigenvalue weighted by atomic mass is 10.0. The molecule has 2 amide bonds. The average Bonchev–Trinajstić information content (AvgIpc) is 3.06. The van der Waals surface area contributed by atoms with Crippen LogP contribution in [0.3, 0.4) is 0 Å². The van der Waals surface area contributed by atoms with Crippen LogP contribution in [0.5, 0.6) is 5.75 Å². The molecule has 0 atom stereocenters. The lowest BCUT2D eigenvalue weighted by Crippen LogP contribution is -2.54. The highest BCUT2D eigenvalue weighted by molar-refractivity contribution is 7.80. The molecule has 1 aromatic heterocycles. The molecule has 0 bridgehead atoms. The van der Waals surface area contributed by atoms with Crippen LogP contribution in [-0.4, -0.2) is 28.6 Å². The first-order valence-corrected chi connectivity index (χ1v) is 11.4. The normalized spacial score (nSPS) is 15.2. The molecule has 0 radical (unpaired) electrons. The summed E-state index contributed by atoms with van der Waals surface area (Å²) in [5.41, 5.74) is 5.75. The third-order valence-electron chi connectivity index (χ3n) is 5.86. The number of hydrogen-bond acceptors (Lipinski definition) is 4. The highest BCUT2D eigenvalue weighted by Gasteiger charge is 2.35. The van der Waals surface area contributed by atoms with Gasteiger partial charge >= 0.3 is 0 Å². The van der Waals surface area contributed by atoms with Gasteiger partial charge in [0.05, 0.1) is 18.5 Å². The van der Waals surface area contributed by atoms with Gasteiger partial charge in [0.25, 0.3) is 11.8 Å². The molecule has 1 aliphatic heterocycles. The van der Waals surface area contributed by atoms with E-state index in [1.54, 1.807) is 25.3 Å². The van der Waals surface area contributed by atoms with Crippen molar-refractivity contribution in [2.24, 2.45) is 0 Å². The van der Waals surface area contributed by atoms with Gasteiger partial charge in [-0.3, -0.25) is 19.8 Å². The van der Waals surface area contributed by atoms with Crippen LogP contribution < -0.4 is 15.0 Å². The predicted molar refractivity (Wildman–Crippen MR) is 139 cm³/mol. The smallest absolute Gasteiger partial charge is 0.270 e. The van der Waals surface area contributed by atoms with Crippen molar-refractivity contribution in [1.29, 1.82) is 0 Å². The Morgan fingerprint density at radius 3 is 2.44 bits per heavy atom. The molecule has 4 rings (SSSR count). The number of ether oxygens (including phenoxy) is 1. The molecule has 3 aromatic rings. The van der Waals surface area contributed by atoms with E-state index < -0.39 is 11.8 Å². The fourth-order valence-corrected chi connectivity index (χ4v) is 4.57. The summed E-state index contributed by atoms with van der Waals surface area (Å²) in [6, 6.07) is 13.1. The van der Waals surface area contributed by atoms with E-state index >= 15 is 0 Å². The number of hydrogen-bond donors (Lipinski definition) is 1. The maximum atomic E-state index is 13.5. The number of nitrogens with zero attached hydrogens (tertiary/aromatic N) is 2. The third kappa shape index (κ3) is 4.13. The van der Waals surface area contributed by atoms with Crippen molar-refractivity contribution < 1.29 is 14.3 Å². The summed E-state index contributed by atoms with van der Waals surface area (Å²) in [5.74, 6) is -0.336. The molecule has 1 N–H and O–H groups in total. The maximum Gasteiger partial charge on any atom is 0.270 e. The Morgan fingerprint density at radius 1 is 1.00 bits per heavy atom. The van der Waals surface area contributed by atoms with E-state index in [4.69, 9.17) is 28.6 Å². The Labute approximate surface area is 208 Å². The summed E-state index contributed by atoms with van der Waals surface area (Å²) in [4.78, 5) is 27.7. The number of aromatic nitrogens is 1. The van der Waals surface area contributed by atoms with E-state index in [9.17, 15) is 9.59 Å². The molecular formula is C26H24ClN3O3S. The van der Waals surface area contributed by atoms with Gasteiger partial charge in [-0.15, -0.1) is 0 Å². The zero-order valence-corrected chi connectivity index (χ0v) is 21.1. The Balaban J connectivity index is 1.82. The van der Waals surface area contributed by atoms with Crippen molar-refractivity contribution >= 4 is 52.5 Å². The van der Waals surface area contributed by atoms with E-state index in [0.717, 1.165) is 33.8 Å². The molecule has 2 heterocycles. The number of rotatable bonds is 4. The number of halogens is 1. The lowest BCUT2D eigenvalue weighted by molar-refractivity contribution is -0.122. The average molecular weight is 494 g/mol. The molecule has 0 saturated carbocycles. The van der Waals surface area contributed by atoms with Crippen molar-refractivity contribution in [2.75, 3.05) is 12.0 Å². The van der Waals surface area contributed by atoms with E-state index in [1.807, 2.05) is 62.6 Å². The largest absolute Gasteiger partial charge is 0.495 e. The summed E-state index contributed by atoms with van der Waals surface area (Å²) in [7, 11) is 1.60. The molecule has 0 aliphatic carbocycles. The van der Waals surface area contributed by atoms with Crippen molar-refractivity contribution in [3.63, 3.8) is 0 Å². The van der Waals surface area contributed by atoms with E-state index in [2.05, 4.69) is 5.32 Å². The standard InChI is InChI=1S/C26H24ClN3O3S/c1-14-6-7-15(2)21(10-14)30-25(32)20(24(31)28-26(30)34)12-18-11-16(3)29(17(18)4)22-13-19(27)8-9-23(22)33-5/h6-13H,1-5H3,(H,28,31,34)/b20-12+. The fraction of sp³-hybridized carbons (Fsp3) is 0.192. The van der Waals surface area contributed by atoms with Crippen LogP contribution in [0.2, 0.25) is 5.02 Å². The monoisotopic (exact) mass is 493 g/mol. The molecular weight excluding hydrogens is 470 g/mol. The van der Waals surface area contributed by atoms with Crippen molar-refractivity contribution in [3.8, 4) is 11.4 Å². The minimum atomic E-state index is -0.526. The molecule has 8 heteroatoms. The number of carbonyl (C=O) groups excluding carboxylic acids is 2. The second kappa shape index (κ2) is 9.08. The molecule has 34 heavy (non-hydrogen) atoms. The second-order valence-electron chi connectivity index (χ2n) is 8.23. The first-order valence-electron chi connectivity index (χ1n) is 10.6. The number of amides is 2. The van der Waals surface area contributed by atoms with Crippen LogP contribution in [-0.2, 0) is 9.59 Å². The fourth-order valence-electron chi connectivity index (χ4n) is 4.13. The van der Waals surface area contributed by atoms with Crippen LogP contribution in [0.4, 0.5) is 5.69 Å². The summed E-state index contributed by atoms with van der Waals surface area (Å²) in [6.07, 6.45) is 1.60. The van der Waals surface area contributed by atoms with E-state index in [0.29, 0.717) is 16.5 Å². The number of methoxy groups -OCH3 is 1. The van der Waals surface area contributed by atoms with Crippen LogP contribution in [0.25, 0.3) is 11.8 Å². The van der Waals surface area contributed by atoms with Crippen LogP contribution in [0.15, 0.2) is 48.0 Å². The Bertz CT molecular complexity index is 1390. The van der Waals surface area contributed by atoms with E-state index in [-0.39, 0.29) is 10.7 Å². The number of carbonyl (C=O) groups is 2. The first-order chi connectivity index (χ1) is 16.1. The molecule has 1 saturated heterocycles. The second-order valence-corrected chi connectivity index (χ2v) is 9.05. The van der Waals surface area contributed by atoms with Gasteiger partial charge in [0.15, 0.2) is 5.11 Å². The number of aryl methyl sites for hydroxylation is 3. The summed E-state index contributed by atoms with van der Waals surface area (Å²) in [5, 5.41) is 3.30. The van der Waals surface area contributed by atoms with Gasteiger partial charge in [-0.25, -0.2) is 0 Å². The summed E-state index contributed by atoms with van der Waals surface area (Å²) < 4.78 is 7.50. The maximum absolute atomic E-state index is 13.5. The zero-order chi connectivity index (χ0) is 24.7.